The van der Waals surface area contributed by atoms with Crippen molar-refractivity contribution in [2.45, 2.75) is 49.7 Å². The fraction of sp³-hybridized carbons (Fsp3) is 0.588. The van der Waals surface area contributed by atoms with Crippen LogP contribution >= 0.6 is 12.4 Å². The number of carbonyl (C=O) groups is 1. The molecule has 0 aromatic heterocycles. The zero-order valence-electron chi connectivity index (χ0n) is 13.2. The third-order valence-electron chi connectivity index (χ3n) is 5.11. The van der Waals surface area contributed by atoms with Gasteiger partial charge in [-0.25, -0.2) is 0 Å². The molecule has 7 heteroatoms. The van der Waals surface area contributed by atoms with Crippen LogP contribution in [-0.2, 0) is 16.4 Å². The van der Waals surface area contributed by atoms with Crippen LogP contribution in [-0.4, -0.2) is 18.5 Å². The van der Waals surface area contributed by atoms with Crippen molar-refractivity contribution in [3.8, 4) is 0 Å². The molecule has 0 saturated heterocycles. The lowest BCUT2D eigenvalue weighted by Gasteiger charge is -2.41. The maximum absolute atomic E-state index is 12.9. The summed E-state index contributed by atoms with van der Waals surface area (Å²) in [5, 5.41) is 2.86. The van der Waals surface area contributed by atoms with E-state index in [0.717, 1.165) is 31.4 Å². The van der Waals surface area contributed by atoms with E-state index in [0.29, 0.717) is 30.9 Å². The summed E-state index contributed by atoms with van der Waals surface area (Å²) in [4.78, 5) is 12.6. The van der Waals surface area contributed by atoms with E-state index < -0.39 is 17.2 Å². The van der Waals surface area contributed by atoms with Crippen LogP contribution in [0.4, 0.5) is 13.2 Å². The number of hydrogen-bond acceptors (Lipinski definition) is 2. The fourth-order valence-electron chi connectivity index (χ4n) is 3.24. The highest BCUT2D eigenvalue weighted by atomic mass is 35.5. The SMILES string of the molecule is Cl.NC(CNC(=O)C1(c2cccc(C(F)(F)F)c2)CCC1)C1CC1. The maximum atomic E-state index is 12.9. The summed E-state index contributed by atoms with van der Waals surface area (Å²) in [6.07, 6.45) is -0.201. The van der Waals surface area contributed by atoms with Crippen LogP contribution < -0.4 is 11.1 Å². The molecule has 0 aliphatic heterocycles. The van der Waals surface area contributed by atoms with Crippen LogP contribution in [0.1, 0.15) is 43.2 Å². The summed E-state index contributed by atoms with van der Waals surface area (Å²) in [6.45, 7) is 0.393. The first kappa shape index (κ1) is 19.1. The maximum Gasteiger partial charge on any atom is 0.416 e. The fourth-order valence-corrected chi connectivity index (χ4v) is 3.24. The van der Waals surface area contributed by atoms with Crippen molar-refractivity contribution in [3.05, 3.63) is 35.4 Å². The molecular formula is C17H22ClF3N2O. The van der Waals surface area contributed by atoms with E-state index in [4.69, 9.17) is 5.73 Å². The predicted molar refractivity (Wildman–Crippen MR) is 87.9 cm³/mol. The van der Waals surface area contributed by atoms with Crippen molar-refractivity contribution in [3.63, 3.8) is 0 Å². The highest BCUT2D eigenvalue weighted by Gasteiger charge is 2.46. The number of halogens is 4. The Morgan fingerprint density at radius 3 is 2.50 bits per heavy atom. The number of rotatable bonds is 5. The number of nitrogens with one attached hydrogen (secondary N) is 1. The van der Waals surface area contributed by atoms with Crippen molar-refractivity contribution >= 4 is 18.3 Å². The van der Waals surface area contributed by atoms with Gasteiger partial charge in [0.1, 0.15) is 0 Å². The molecule has 0 spiro atoms. The van der Waals surface area contributed by atoms with Crippen LogP contribution in [0.25, 0.3) is 0 Å². The monoisotopic (exact) mass is 362 g/mol. The molecule has 3 nitrogen and oxygen atoms in total. The second kappa shape index (κ2) is 6.92. The van der Waals surface area contributed by atoms with Gasteiger partial charge in [0.05, 0.1) is 11.0 Å². The summed E-state index contributed by atoms with van der Waals surface area (Å²) in [6, 6.07) is 5.09. The quantitative estimate of drug-likeness (QED) is 0.843. The molecule has 24 heavy (non-hydrogen) atoms. The Hall–Kier alpha value is -1.27. The van der Waals surface area contributed by atoms with Crippen LogP contribution in [0, 0.1) is 5.92 Å². The van der Waals surface area contributed by atoms with E-state index in [2.05, 4.69) is 5.32 Å². The molecular weight excluding hydrogens is 341 g/mol. The zero-order valence-corrected chi connectivity index (χ0v) is 14.1. The molecule has 1 atom stereocenters. The molecule has 1 aromatic rings. The van der Waals surface area contributed by atoms with Gasteiger partial charge in [-0.1, -0.05) is 24.6 Å². The highest BCUT2D eigenvalue weighted by Crippen LogP contribution is 2.45. The Bertz CT molecular complexity index is 598. The highest BCUT2D eigenvalue weighted by molar-refractivity contribution is 5.89. The second-order valence-electron chi connectivity index (χ2n) is 6.73. The first-order chi connectivity index (χ1) is 10.8. The number of amides is 1. The van der Waals surface area contributed by atoms with E-state index in [9.17, 15) is 18.0 Å². The van der Waals surface area contributed by atoms with Crippen LogP contribution in [0.2, 0.25) is 0 Å². The lowest BCUT2D eigenvalue weighted by atomic mass is 9.63. The van der Waals surface area contributed by atoms with Gasteiger partial charge >= 0.3 is 6.18 Å². The summed E-state index contributed by atoms with van der Waals surface area (Å²) < 4.78 is 38.7. The summed E-state index contributed by atoms with van der Waals surface area (Å²) in [5.74, 6) is 0.278. The molecule has 1 unspecified atom stereocenters. The van der Waals surface area contributed by atoms with Gasteiger partial charge in [0, 0.05) is 12.6 Å². The minimum atomic E-state index is -4.40. The van der Waals surface area contributed by atoms with Crippen molar-refractivity contribution in [2.24, 2.45) is 11.7 Å². The number of benzene rings is 1. The second-order valence-corrected chi connectivity index (χ2v) is 6.73. The zero-order chi connectivity index (χ0) is 16.7. The Kier molecular flexibility index (Phi) is 5.50. The Morgan fingerprint density at radius 2 is 2.00 bits per heavy atom. The molecule has 3 N–H and O–H groups in total. The minimum Gasteiger partial charge on any atom is -0.354 e. The first-order valence-electron chi connectivity index (χ1n) is 8.04. The summed E-state index contributed by atoms with van der Waals surface area (Å²) in [7, 11) is 0. The van der Waals surface area contributed by atoms with Gasteiger partial charge < -0.3 is 11.1 Å². The van der Waals surface area contributed by atoms with Crippen LogP contribution in [0.3, 0.4) is 0 Å². The van der Waals surface area contributed by atoms with Crippen LogP contribution in [0.15, 0.2) is 24.3 Å². The lowest BCUT2D eigenvalue weighted by Crippen LogP contribution is -2.52. The van der Waals surface area contributed by atoms with Gasteiger partial charge in [0.2, 0.25) is 5.91 Å². The number of nitrogens with two attached hydrogens (primary N) is 1. The largest absolute Gasteiger partial charge is 0.416 e. The minimum absolute atomic E-state index is 0. The van der Waals surface area contributed by atoms with E-state index in [1.807, 2.05) is 0 Å². The van der Waals surface area contributed by atoms with Crippen molar-refractivity contribution in [2.75, 3.05) is 6.54 Å². The van der Waals surface area contributed by atoms with Gasteiger partial charge in [-0.15, -0.1) is 12.4 Å². The number of alkyl halides is 3. The molecule has 0 bridgehead atoms. The van der Waals surface area contributed by atoms with E-state index in [1.165, 1.54) is 6.07 Å². The predicted octanol–water partition coefficient (Wildman–Crippen LogP) is 3.40. The summed E-state index contributed by atoms with van der Waals surface area (Å²) in [5.41, 5.74) is 4.91. The smallest absolute Gasteiger partial charge is 0.354 e. The van der Waals surface area contributed by atoms with Gasteiger partial charge in [0.25, 0.3) is 0 Å². The van der Waals surface area contributed by atoms with Gasteiger partial charge in [-0.2, -0.15) is 13.2 Å². The van der Waals surface area contributed by atoms with E-state index in [-0.39, 0.29) is 24.4 Å². The molecule has 2 aliphatic carbocycles. The van der Waals surface area contributed by atoms with Gasteiger partial charge in [-0.05, 0) is 43.2 Å². The molecule has 0 heterocycles. The third-order valence-corrected chi connectivity index (χ3v) is 5.11. The molecule has 1 aromatic carbocycles. The Balaban J connectivity index is 0.00000208. The van der Waals surface area contributed by atoms with E-state index in [1.54, 1.807) is 6.07 Å². The molecule has 2 saturated carbocycles. The Labute approximate surface area is 145 Å². The molecule has 0 radical (unpaired) electrons. The van der Waals surface area contributed by atoms with Crippen LogP contribution in [0.5, 0.6) is 0 Å². The average Bonchev–Trinajstić information content (AvgIpc) is 3.27. The topological polar surface area (TPSA) is 55.1 Å². The van der Waals surface area contributed by atoms with Crippen molar-refractivity contribution < 1.29 is 18.0 Å². The number of carbonyl (C=O) groups excluding carboxylic acids is 1. The number of hydrogen-bond donors (Lipinski definition) is 2. The third kappa shape index (κ3) is 3.70. The van der Waals surface area contributed by atoms with Crippen molar-refractivity contribution in [1.82, 2.24) is 5.32 Å². The lowest BCUT2D eigenvalue weighted by molar-refractivity contribution is -0.138. The molecule has 134 valence electrons. The van der Waals surface area contributed by atoms with E-state index >= 15 is 0 Å². The van der Waals surface area contributed by atoms with Gasteiger partial charge in [-0.3, -0.25) is 4.79 Å². The molecule has 2 fully saturated rings. The normalized spacial score (nSPS) is 20.5. The standard InChI is InChI=1S/C17H21F3N2O.ClH/c18-17(19,20)13-4-1-3-12(9-13)16(7-2-8-16)15(23)22-10-14(21)11-5-6-11;/h1,3-4,9,11,14H,2,5-8,10,21H2,(H,22,23);1H. The summed E-state index contributed by atoms with van der Waals surface area (Å²) >= 11 is 0. The molecule has 1 amide bonds. The molecule has 2 aliphatic rings. The van der Waals surface area contributed by atoms with Gasteiger partial charge in [0.15, 0.2) is 0 Å². The molecule has 3 rings (SSSR count). The van der Waals surface area contributed by atoms with Crippen molar-refractivity contribution in [1.29, 1.82) is 0 Å². The first-order valence-corrected chi connectivity index (χ1v) is 8.04. The Morgan fingerprint density at radius 1 is 1.33 bits per heavy atom. The average molecular weight is 363 g/mol.